The number of piperidine rings is 1. The summed E-state index contributed by atoms with van der Waals surface area (Å²) in [7, 11) is 0. The standard InChI is InChI=1S/C17H18F3N5O4/c1-2-28-16(27)11-4-3-9-24(10-11)15(26)14-21-23-25(22-14)12-5-7-13(8-6-12)29-17(18,19)20/h5-8,11H,2-4,9-10H2,1H3/t11-/m0/s1. The molecule has 3 rings (SSSR count). The van der Waals surface area contributed by atoms with Gasteiger partial charge < -0.3 is 14.4 Å². The van der Waals surface area contributed by atoms with Crippen LogP contribution in [0, 0.1) is 5.92 Å². The van der Waals surface area contributed by atoms with Crippen molar-refractivity contribution in [1.29, 1.82) is 0 Å². The minimum Gasteiger partial charge on any atom is -0.466 e. The Kier molecular flexibility index (Phi) is 5.99. The van der Waals surface area contributed by atoms with E-state index >= 15 is 0 Å². The summed E-state index contributed by atoms with van der Waals surface area (Å²) in [6.07, 6.45) is -3.51. The molecule has 0 aliphatic carbocycles. The molecule has 12 heteroatoms. The minimum absolute atomic E-state index is 0.176. The Balaban J connectivity index is 1.67. The van der Waals surface area contributed by atoms with Gasteiger partial charge in [-0.1, -0.05) is 0 Å². The van der Waals surface area contributed by atoms with Gasteiger partial charge in [-0.2, -0.15) is 0 Å². The van der Waals surface area contributed by atoms with Crippen molar-refractivity contribution in [3.05, 3.63) is 30.1 Å². The summed E-state index contributed by atoms with van der Waals surface area (Å²) in [5.41, 5.74) is 0.300. The number of nitrogens with zero attached hydrogens (tertiary/aromatic N) is 5. The van der Waals surface area contributed by atoms with Crippen molar-refractivity contribution in [2.45, 2.75) is 26.1 Å². The van der Waals surface area contributed by atoms with Gasteiger partial charge in [-0.25, -0.2) is 0 Å². The summed E-state index contributed by atoms with van der Waals surface area (Å²) in [6, 6.07) is 4.80. The number of halogens is 3. The van der Waals surface area contributed by atoms with Gasteiger partial charge in [0.05, 0.1) is 18.2 Å². The molecule has 1 aliphatic rings. The Hall–Kier alpha value is -3.18. The van der Waals surface area contributed by atoms with Crippen LogP contribution < -0.4 is 4.74 Å². The van der Waals surface area contributed by atoms with Gasteiger partial charge in [0.25, 0.3) is 11.7 Å². The molecule has 1 fully saturated rings. The summed E-state index contributed by atoms with van der Waals surface area (Å²) in [6.45, 7) is 2.64. The molecule has 1 aliphatic heterocycles. The van der Waals surface area contributed by atoms with E-state index in [4.69, 9.17) is 4.74 Å². The van der Waals surface area contributed by atoms with E-state index in [2.05, 4.69) is 20.1 Å². The van der Waals surface area contributed by atoms with Crippen LogP contribution in [0.3, 0.4) is 0 Å². The van der Waals surface area contributed by atoms with Gasteiger partial charge in [-0.15, -0.1) is 28.2 Å². The van der Waals surface area contributed by atoms with Crippen molar-refractivity contribution in [3.63, 3.8) is 0 Å². The molecule has 1 aromatic carbocycles. The molecule has 9 nitrogen and oxygen atoms in total. The molecule has 0 unspecified atom stereocenters. The minimum atomic E-state index is -4.79. The van der Waals surface area contributed by atoms with Crippen LogP contribution >= 0.6 is 0 Å². The Bertz CT molecular complexity index is 869. The maximum absolute atomic E-state index is 12.6. The van der Waals surface area contributed by atoms with E-state index in [-0.39, 0.29) is 24.9 Å². The summed E-state index contributed by atoms with van der Waals surface area (Å²) < 4.78 is 45.5. The molecule has 1 aromatic heterocycles. The molecular weight excluding hydrogens is 395 g/mol. The number of hydrogen-bond acceptors (Lipinski definition) is 7. The second-order valence-electron chi connectivity index (χ2n) is 6.29. The second-order valence-corrected chi connectivity index (χ2v) is 6.29. The average Bonchev–Trinajstić information content (AvgIpc) is 3.17. The Morgan fingerprint density at radius 1 is 1.24 bits per heavy atom. The van der Waals surface area contributed by atoms with Crippen LogP contribution in [0.5, 0.6) is 5.75 Å². The zero-order valence-electron chi connectivity index (χ0n) is 15.4. The fourth-order valence-electron chi connectivity index (χ4n) is 2.95. The first-order valence-corrected chi connectivity index (χ1v) is 8.89. The highest BCUT2D eigenvalue weighted by molar-refractivity contribution is 5.90. The smallest absolute Gasteiger partial charge is 0.466 e. The van der Waals surface area contributed by atoms with Crippen LogP contribution in [0.15, 0.2) is 24.3 Å². The van der Waals surface area contributed by atoms with Crippen molar-refractivity contribution >= 4 is 11.9 Å². The van der Waals surface area contributed by atoms with Gasteiger partial charge >= 0.3 is 12.3 Å². The fraction of sp³-hybridized carbons (Fsp3) is 0.471. The third-order valence-electron chi connectivity index (χ3n) is 4.23. The SMILES string of the molecule is CCOC(=O)[C@H]1CCCN(C(=O)c2nnn(-c3ccc(OC(F)(F)F)cc3)n2)C1. The van der Waals surface area contributed by atoms with Crippen molar-refractivity contribution in [1.82, 2.24) is 25.1 Å². The number of benzene rings is 1. The molecule has 0 N–H and O–H groups in total. The number of hydrogen-bond donors (Lipinski definition) is 0. The molecule has 156 valence electrons. The largest absolute Gasteiger partial charge is 0.573 e. The third kappa shape index (κ3) is 5.21. The molecule has 1 atom stereocenters. The highest BCUT2D eigenvalue weighted by Crippen LogP contribution is 2.23. The lowest BCUT2D eigenvalue weighted by molar-refractivity contribution is -0.274. The van der Waals surface area contributed by atoms with E-state index < -0.39 is 23.9 Å². The van der Waals surface area contributed by atoms with Crippen LogP contribution in [0.1, 0.15) is 30.4 Å². The van der Waals surface area contributed by atoms with Crippen molar-refractivity contribution in [2.75, 3.05) is 19.7 Å². The molecular formula is C17H18F3N5O4. The summed E-state index contributed by atoms with van der Waals surface area (Å²) in [5, 5.41) is 11.5. The van der Waals surface area contributed by atoms with E-state index in [1.807, 2.05) is 0 Å². The summed E-state index contributed by atoms with van der Waals surface area (Å²) in [5.74, 6) is -1.80. The first-order chi connectivity index (χ1) is 13.8. The molecule has 2 aromatic rings. The Morgan fingerprint density at radius 3 is 2.62 bits per heavy atom. The lowest BCUT2D eigenvalue weighted by atomic mass is 9.98. The Labute approximate surface area is 163 Å². The average molecular weight is 413 g/mol. The lowest BCUT2D eigenvalue weighted by Gasteiger charge is -2.30. The number of likely N-dealkylation sites (tertiary alicyclic amines) is 1. The maximum atomic E-state index is 12.6. The molecule has 1 amide bonds. The van der Waals surface area contributed by atoms with Crippen molar-refractivity contribution in [2.24, 2.45) is 5.92 Å². The molecule has 0 bridgehead atoms. The van der Waals surface area contributed by atoms with Crippen LogP contribution in [0.2, 0.25) is 0 Å². The normalized spacial score (nSPS) is 17.1. The van der Waals surface area contributed by atoms with Gasteiger partial charge in [0.2, 0.25) is 0 Å². The second kappa shape index (κ2) is 8.45. The monoisotopic (exact) mass is 413 g/mol. The van der Waals surface area contributed by atoms with Crippen LogP contribution in [-0.4, -0.2) is 63.0 Å². The number of carbonyl (C=O) groups excluding carboxylic acids is 2. The quantitative estimate of drug-likeness (QED) is 0.691. The van der Waals surface area contributed by atoms with Gasteiger partial charge in [0, 0.05) is 13.1 Å². The lowest BCUT2D eigenvalue weighted by Crippen LogP contribution is -2.43. The predicted octanol–water partition coefficient (Wildman–Crippen LogP) is 1.98. The summed E-state index contributed by atoms with van der Waals surface area (Å²) in [4.78, 5) is 27.0. The van der Waals surface area contributed by atoms with Crippen LogP contribution in [-0.2, 0) is 9.53 Å². The first kappa shape index (κ1) is 20.6. The number of amides is 1. The first-order valence-electron chi connectivity index (χ1n) is 8.89. The number of ether oxygens (including phenoxy) is 2. The molecule has 0 radical (unpaired) electrons. The zero-order valence-corrected chi connectivity index (χ0v) is 15.4. The van der Waals surface area contributed by atoms with E-state index in [1.54, 1.807) is 6.92 Å². The van der Waals surface area contributed by atoms with E-state index in [0.29, 0.717) is 25.1 Å². The highest BCUT2D eigenvalue weighted by atomic mass is 19.4. The van der Waals surface area contributed by atoms with Crippen LogP contribution in [0.4, 0.5) is 13.2 Å². The van der Waals surface area contributed by atoms with Crippen LogP contribution in [0.25, 0.3) is 5.69 Å². The number of alkyl halides is 3. The number of rotatable bonds is 5. The highest BCUT2D eigenvalue weighted by Gasteiger charge is 2.32. The number of carbonyl (C=O) groups is 2. The van der Waals surface area contributed by atoms with Gasteiger partial charge in [-0.05, 0) is 49.2 Å². The third-order valence-corrected chi connectivity index (χ3v) is 4.23. The molecule has 0 saturated carbocycles. The molecule has 1 saturated heterocycles. The topological polar surface area (TPSA) is 99.4 Å². The number of aromatic nitrogens is 4. The Morgan fingerprint density at radius 2 is 1.97 bits per heavy atom. The fourth-order valence-corrected chi connectivity index (χ4v) is 2.95. The summed E-state index contributed by atoms with van der Waals surface area (Å²) >= 11 is 0. The van der Waals surface area contributed by atoms with Gasteiger partial charge in [0.1, 0.15) is 5.75 Å². The number of esters is 1. The van der Waals surface area contributed by atoms with Crippen molar-refractivity contribution in [3.8, 4) is 11.4 Å². The molecule has 29 heavy (non-hydrogen) atoms. The number of tetrazole rings is 1. The zero-order chi connectivity index (χ0) is 21.0. The predicted molar refractivity (Wildman–Crippen MR) is 91.1 cm³/mol. The molecule has 2 heterocycles. The van der Waals surface area contributed by atoms with E-state index in [9.17, 15) is 22.8 Å². The van der Waals surface area contributed by atoms with Gasteiger partial charge in [0.15, 0.2) is 0 Å². The van der Waals surface area contributed by atoms with Crippen molar-refractivity contribution < 1.29 is 32.2 Å². The van der Waals surface area contributed by atoms with E-state index in [1.165, 1.54) is 17.0 Å². The van der Waals surface area contributed by atoms with Gasteiger partial charge in [-0.3, -0.25) is 9.59 Å². The molecule has 0 spiro atoms. The maximum Gasteiger partial charge on any atom is 0.573 e. The van der Waals surface area contributed by atoms with E-state index in [0.717, 1.165) is 16.9 Å².